The number of rotatable bonds is 3. The topological polar surface area (TPSA) is 12.0 Å². The van der Waals surface area contributed by atoms with Gasteiger partial charge in [0.2, 0.25) is 0 Å². The number of hydrogen-bond donors (Lipinski definition) is 1. The van der Waals surface area contributed by atoms with Gasteiger partial charge in [-0.25, -0.2) is 8.78 Å². The summed E-state index contributed by atoms with van der Waals surface area (Å²) in [4.78, 5) is 0. The summed E-state index contributed by atoms with van der Waals surface area (Å²) in [6.45, 7) is 0.516. The van der Waals surface area contributed by atoms with Crippen LogP contribution in [-0.4, -0.2) is 0 Å². The van der Waals surface area contributed by atoms with Gasteiger partial charge in [0.25, 0.3) is 0 Å². The van der Waals surface area contributed by atoms with Gasteiger partial charge in [0.1, 0.15) is 11.6 Å². The van der Waals surface area contributed by atoms with Gasteiger partial charge in [0, 0.05) is 11.0 Å². The zero-order valence-corrected chi connectivity index (χ0v) is 10.5. The molecule has 0 spiro atoms. The summed E-state index contributed by atoms with van der Waals surface area (Å²) in [5.74, 6) is -0.560. The van der Waals surface area contributed by atoms with Crippen LogP contribution in [0.4, 0.5) is 14.5 Å². The largest absolute Gasteiger partial charge is 0.380 e. The van der Waals surface area contributed by atoms with Crippen LogP contribution in [0, 0.1) is 11.6 Å². The highest BCUT2D eigenvalue weighted by Crippen LogP contribution is 2.23. The minimum Gasteiger partial charge on any atom is -0.380 e. The fourth-order valence-corrected chi connectivity index (χ4v) is 1.82. The predicted octanol–water partition coefficient (Wildman–Crippen LogP) is 4.34. The van der Waals surface area contributed by atoms with Gasteiger partial charge in [-0.05, 0) is 51.8 Å². The van der Waals surface area contributed by atoms with Crippen LogP contribution < -0.4 is 5.32 Å². The highest BCUT2D eigenvalue weighted by atomic mass is 79.9. The fourth-order valence-electron chi connectivity index (χ4n) is 1.43. The second kappa shape index (κ2) is 5.27. The van der Waals surface area contributed by atoms with Crippen molar-refractivity contribution in [1.82, 2.24) is 0 Å². The first-order valence-electron chi connectivity index (χ1n) is 5.08. The van der Waals surface area contributed by atoms with E-state index in [0.717, 1.165) is 10.0 Å². The van der Waals surface area contributed by atoms with Crippen LogP contribution in [0.1, 0.15) is 5.56 Å². The lowest BCUT2D eigenvalue weighted by atomic mass is 10.2. The van der Waals surface area contributed by atoms with E-state index in [4.69, 9.17) is 0 Å². The quantitative estimate of drug-likeness (QED) is 0.889. The predicted molar refractivity (Wildman–Crippen MR) is 67.8 cm³/mol. The van der Waals surface area contributed by atoms with Crippen molar-refractivity contribution in [2.75, 3.05) is 5.32 Å². The molecular weight excluding hydrogens is 288 g/mol. The number of halogens is 3. The normalized spacial score (nSPS) is 10.3. The van der Waals surface area contributed by atoms with E-state index in [1.807, 2.05) is 0 Å². The van der Waals surface area contributed by atoms with Crippen molar-refractivity contribution in [3.05, 3.63) is 64.1 Å². The van der Waals surface area contributed by atoms with Crippen molar-refractivity contribution in [3.8, 4) is 0 Å². The summed E-state index contributed by atoms with van der Waals surface area (Å²) >= 11 is 3.33. The maximum absolute atomic E-state index is 13.0. The molecule has 17 heavy (non-hydrogen) atoms. The van der Waals surface area contributed by atoms with Crippen molar-refractivity contribution in [3.63, 3.8) is 0 Å². The number of nitrogens with one attached hydrogen (secondary N) is 1. The maximum Gasteiger partial charge on any atom is 0.125 e. The highest BCUT2D eigenvalue weighted by molar-refractivity contribution is 9.10. The first kappa shape index (κ1) is 12.0. The molecule has 88 valence electrons. The Morgan fingerprint density at radius 3 is 2.29 bits per heavy atom. The van der Waals surface area contributed by atoms with E-state index in [1.54, 1.807) is 18.2 Å². The number of benzene rings is 2. The molecule has 0 radical (unpaired) electrons. The first-order valence-corrected chi connectivity index (χ1v) is 5.88. The molecule has 0 amide bonds. The zero-order chi connectivity index (χ0) is 12.3. The summed E-state index contributed by atoms with van der Waals surface area (Å²) in [6, 6.07) is 10.6. The van der Waals surface area contributed by atoms with E-state index in [9.17, 15) is 8.78 Å². The lowest BCUT2D eigenvalue weighted by Crippen LogP contribution is -2.00. The van der Waals surface area contributed by atoms with Crippen LogP contribution in [0.25, 0.3) is 0 Å². The van der Waals surface area contributed by atoms with Crippen LogP contribution in [0.15, 0.2) is 46.9 Å². The Morgan fingerprint density at radius 1 is 0.941 bits per heavy atom. The molecule has 0 aliphatic heterocycles. The lowest BCUT2D eigenvalue weighted by molar-refractivity contribution is 0.627. The van der Waals surface area contributed by atoms with Gasteiger partial charge >= 0.3 is 0 Å². The zero-order valence-electron chi connectivity index (χ0n) is 8.88. The molecule has 2 aromatic carbocycles. The van der Waals surface area contributed by atoms with Crippen LogP contribution in [0.2, 0.25) is 0 Å². The van der Waals surface area contributed by atoms with E-state index in [0.29, 0.717) is 12.2 Å². The SMILES string of the molecule is Fc1ccc(CNc2cc(F)ccc2Br)cc1. The molecule has 0 aliphatic rings. The number of hydrogen-bond acceptors (Lipinski definition) is 1. The minimum absolute atomic E-state index is 0.263. The third-order valence-electron chi connectivity index (χ3n) is 2.32. The van der Waals surface area contributed by atoms with E-state index < -0.39 is 0 Å². The third kappa shape index (κ3) is 3.27. The van der Waals surface area contributed by atoms with Gasteiger partial charge in [0.15, 0.2) is 0 Å². The molecule has 0 saturated heterocycles. The van der Waals surface area contributed by atoms with E-state index in [2.05, 4.69) is 21.2 Å². The Hall–Kier alpha value is -1.42. The standard InChI is InChI=1S/C13H10BrF2N/c14-12-6-5-11(16)7-13(12)17-8-9-1-3-10(15)4-2-9/h1-7,17H,8H2. The minimum atomic E-state index is -0.296. The average Bonchev–Trinajstić information content (AvgIpc) is 2.32. The molecule has 1 N–H and O–H groups in total. The summed E-state index contributed by atoms with van der Waals surface area (Å²) < 4.78 is 26.5. The Balaban J connectivity index is 2.07. The molecular formula is C13H10BrF2N. The molecule has 0 bridgehead atoms. The molecule has 0 heterocycles. The van der Waals surface area contributed by atoms with E-state index >= 15 is 0 Å². The maximum atomic E-state index is 13.0. The lowest BCUT2D eigenvalue weighted by Gasteiger charge is -2.08. The molecule has 0 unspecified atom stereocenters. The molecule has 2 rings (SSSR count). The molecule has 2 aromatic rings. The second-order valence-corrected chi connectivity index (χ2v) is 4.46. The fraction of sp³-hybridized carbons (Fsp3) is 0.0769. The summed E-state index contributed by atoms with van der Waals surface area (Å²) in [5, 5.41) is 3.08. The van der Waals surface area contributed by atoms with Crippen molar-refractivity contribution >= 4 is 21.6 Å². The molecule has 0 aliphatic carbocycles. The van der Waals surface area contributed by atoms with Crippen molar-refractivity contribution in [2.24, 2.45) is 0 Å². The van der Waals surface area contributed by atoms with Gasteiger partial charge < -0.3 is 5.32 Å². The Kier molecular flexibility index (Phi) is 3.74. The van der Waals surface area contributed by atoms with Gasteiger partial charge in [0.05, 0.1) is 5.69 Å². The van der Waals surface area contributed by atoms with Crippen molar-refractivity contribution < 1.29 is 8.78 Å². The van der Waals surface area contributed by atoms with Crippen molar-refractivity contribution in [1.29, 1.82) is 0 Å². The van der Waals surface area contributed by atoms with Gasteiger partial charge in [-0.15, -0.1) is 0 Å². The summed E-state index contributed by atoms with van der Waals surface area (Å²) in [5.41, 5.74) is 1.61. The molecule has 0 atom stereocenters. The highest BCUT2D eigenvalue weighted by Gasteiger charge is 2.01. The first-order chi connectivity index (χ1) is 8.15. The van der Waals surface area contributed by atoms with Crippen LogP contribution >= 0.6 is 15.9 Å². The number of anilines is 1. The monoisotopic (exact) mass is 297 g/mol. The van der Waals surface area contributed by atoms with E-state index in [-0.39, 0.29) is 11.6 Å². The molecule has 0 saturated carbocycles. The van der Waals surface area contributed by atoms with Gasteiger partial charge in [-0.1, -0.05) is 12.1 Å². The summed E-state index contributed by atoms with van der Waals surface area (Å²) in [6.07, 6.45) is 0. The second-order valence-electron chi connectivity index (χ2n) is 3.60. The molecule has 0 fully saturated rings. The van der Waals surface area contributed by atoms with Crippen molar-refractivity contribution in [2.45, 2.75) is 6.54 Å². The van der Waals surface area contributed by atoms with Gasteiger partial charge in [-0.3, -0.25) is 0 Å². The van der Waals surface area contributed by atoms with Crippen LogP contribution in [-0.2, 0) is 6.54 Å². The molecule has 0 aromatic heterocycles. The van der Waals surface area contributed by atoms with E-state index in [1.165, 1.54) is 24.3 Å². The smallest absolute Gasteiger partial charge is 0.125 e. The van der Waals surface area contributed by atoms with Gasteiger partial charge in [-0.2, -0.15) is 0 Å². The Labute approximate surface area is 107 Å². The third-order valence-corrected chi connectivity index (χ3v) is 3.02. The van der Waals surface area contributed by atoms with Crippen LogP contribution in [0.5, 0.6) is 0 Å². The Morgan fingerprint density at radius 2 is 1.59 bits per heavy atom. The Bertz CT molecular complexity index is 511. The van der Waals surface area contributed by atoms with Crippen LogP contribution in [0.3, 0.4) is 0 Å². The molecule has 1 nitrogen and oxygen atoms in total. The summed E-state index contributed by atoms with van der Waals surface area (Å²) in [7, 11) is 0. The molecule has 4 heteroatoms. The average molecular weight is 298 g/mol.